The molecule has 0 aliphatic rings. The van der Waals surface area contributed by atoms with Gasteiger partial charge in [0.15, 0.2) is 17.5 Å². The van der Waals surface area contributed by atoms with Gasteiger partial charge in [0.1, 0.15) is 11.5 Å². The van der Waals surface area contributed by atoms with Crippen molar-refractivity contribution in [3.63, 3.8) is 0 Å². The van der Waals surface area contributed by atoms with Crippen LogP contribution in [0.15, 0.2) is 54.6 Å². The quantitative estimate of drug-likeness (QED) is 0.681. The van der Waals surface area contributed by atoms with Gasteiger partial charge in [-0.3, -0.25) is 4.79 Å². The van der Waals surface area contributed by atoms with E-state index in [1.165, 1.54) is 6.07 Å². The summed E-state index contributed by atoms with van der Waals surface area (Å²) < 4.78 is 26.5. The van der Waals surface area contributed by atoms with Crippen molar-refractivity contribution in [2.45, 2.75) is 13.8 Å². The van der Waals surface area contributed by atoms with Gasteiger partial charge in [-0.15, -0.1) is 0 Å². The van der Waals surface area contributed by atoms with Crippen molar-refractivity contribution in [1.82, 2.24) is 9.97 Å². The van der Waals surface area contributed by atoms with E-state index in [1.807, 2.05) is 49.1 Å². The average Bonchev–Trinajstić information content (AvgIpc) is 2.72. The van der Waals surface area contributed by atoms with Crippen molar-refractivity contribution in [1.29, 1.82) is 0 Å². The number of rotatable bonds is 6. The van der Waals surface area contributed by atoms with Gasteiger partial charge in [-0.05, 0) is 26.0 Å². The summed E-state index contributed by atoms with van der Waals surface area (Å²) in [5.74, 6) is -1.50. The molecule has 1 amide bonds. The lowest BCUT2D eigenvalue weighted by Crippen LogP contribution is -2.24. The van der Waals surface area contributed by atoms with Crippen LogP contribution in [0.25, 0.3) is 11.4 Å². The fourth-order valence-electron chi connectivity index (χ4n) is 2.75. The molecule has 3 aromatic rings. The van der Waals surface area contributed by atoms with Crippen molar-refractivity contribution < 1.29 is 13.6 Å². The first-order valence-electron chi connectivity index (χ1n) is 8.97. The van der Waals surface area contributed by atoms with E-state index >= 15 is 0 Å². The van der Waals surface area contributed by atoms with Crippen molar-refractivity contribution >= 4 is 17.4 Å². The second kappa shape index (κ2) is 8.56. The highest BCUT2D eigenvalue weighted by atomic mass is 19.2. The number of nitrogens with one attached hydrogen (secondary N) is 1. The molecule has 3 rings (SSSR count). The molecule has 0 bridgehead atoms. The van der Waals surface area contributed by atoms with E-state index in [2.05, 4.69) is 15.3 Å². The number of hydrogen-bond donors (Lipinski definition) is 1. The summed E-state index contributed by atoms with van der Waals surface area (Å²) in [5, 5.41) is 2.55. The minimum Gasteiger partial charge on any atom is -0.357 e. The molecule has 0 fully saturated rings. The Kier molecular flexibility index (Phi) is 5.93. The number of benzene rings is 2. The Morgan fingerprint density at radius 1 is 0.964 bits per heavy atom. The molecule has 28 heavy (non-hydrogen) atoms. The molecule has 0 radical (unpaired) electrons. The number of amides is 1. The van der Waals surface area contributed by atoms with E-state index in [0.717, 1.165) is 17.7 Å². The van der Waals surface area contributed by atoms with Crippen LogP contribution in [-0.4, -0.2) is 29.0 Å². The second-order valence-electron chi connectivity index (χ2n) is 6.06. The van der Waals surface area contributed by atoms with Crippen LogP contribution in [0.4, 0.5) is 20.3 Å². The fourth-order valence-corrected chi connectivity index (χ4v) is 2.75. The normalized spacial score (nSPS) is 10.6. The SMILES string of the molecule is CCN(CC)c1cc(C(=O)Nc2ccc(F)c(F)c2)nc(-c2ccccc2)n1. The fraction of sp³-hybridized carbons (Fsp3) is 0.190. The third-order valence-electron chi connectivity index (χ3n) is 4.24. The van der Waals surface area contributed by atoms with E-state index in [-0.39, 0.29) is 11.4 Å². The molecule has 0 aliphatic carbocycles. The number of anilines is 2. The van der Waals surface area contributed by atoms with Crippen LogP contribution in [0.3, 0.4) is 0 Å². The van der Waals surface area contributed by atoms with E-state index in [1.54, 1.807) is 6.07 Å². The van der Waals surface area contributed by atoms with Crippen molar-refractivity contribution in [3.8, 4) is 11.4 Å². The molecule has 5 nitrogen and oxygen atoms in total. The Labute approximate surface area is 162 Å². The zero-order valence-electron chi connectivity index (χ0n) is 15.6. The lowest BCUT2D eigenvalue weighted by Gasteiger charge is -2.21. The van der Waals surface area contributed by atoms with Crippen LogP contribution >= 0.6 is 0 Å². The number of carbonyl (C=O) groups excluding carboxylic acids is 1. The van der Waals surface area contributed by atoms with Gasteiger partial charge >= 0.3 is 0 Å². The Bertz CT molecular complexity index is 975. The molecule has 0 spiro atoms. The number of halogens is 2. The average molecular weight is 382 g/mol. The van der Waals surface area contributed by atoms with Crippen LogP contribution in [0.1, 0.15) is 24.3 Å². The second-order valence-corrected chi connectivity index (χ2v) is 6.06. The maximum absolute atomic E-state index is 13.4. The first kappa shape index (κ1) is 19.4. The maximum Gasteiger partial charge on any atom is 0.274 e. The smallest absolute Gasteiger partial charge is 0.274 e. The lowest BCUT2D eigenvalue weighted by molar-refractivity contribution is 0.102. The predicted molar refractivity (Wildman–Crippen MR) is 105 cm³/mol. The highest BCUT2D eigenvalue weighted by Crippen LogP contribution is 2.21. The monoisotopic (exact) mass is 382 g/mol. The summed E-state index contributed by atoms with van der Waals surface area (Å²) in [7, 11) is 0. The van der Waals surface area contributed by atoms with Gasteiger partial charge in [0.25, 0.3) is 5.91 Å². The molecular weight excluding hydrogens is 362 g/mol. The van der Waals surface area contributed by atoms with E-state index in [0.29, 0.717) is 24.7 Å². The van der Waals surface area contributed by atoms with Crippen LogP contribution in [-0.2, 0) is 0 Å². The van der Waals surface area contributed by atoms with Gasteiger partial charge in [-0.1, -0.05) is 30.3 Å². The number of hydrogen-bond acceptors (Lipinski definition) is 4. The van der Waals surface area contributed by atoms with Crippen LogP contribution in [0, 0.1) is 11.6 Å². The van der Waals surface area contributed by atoms with Crippen molar-refractivity contribution in [2.75, 3.05) is 23.3 Å². The molecule has 0 unspecified atom stereocenters. The topological polar surface area (TPSA) is 58.1 Å². The standard InChI is InChI=1S/C21H20F2N4O/c1-3-27(4-2)19-13-18(25-20(26-19)14-8-6-5-7-9-14)21(28)24-15-10-11-16(22)17(23)12-15/h5-13H,3-4H2,1-2H3,(H,24,28). The van der Waals surface area contributed by atoms with Gasteiger partial charge in [-0.25, -0.2) is 18.7 Å². The summed E-state index contributed by atoms with van der Waals surface area (Å²) >= 11 is 0. The minimum atomic E-state index is -1.03. The molecular formula is C21H20F2N4O. The van der Waals surface area contributed by atoms with Crippen LogP contribution in [0.5, 0.6) is 0 Å². The third kappa shape index (κ3) is 4.31. The van der Waals surface area contributed by atoms with Gasteiger partial charge in [0.2, 0.25) is 0 Å². The molecule has 0 saturated carbocycles. The molecule has 2 aromatic carbocycles. The molecule has 0 aliphatic heterocycles. The highest BCUT2D eigenvalue weighted by molar-refractivity contribution is 6.03. The zero-order valence-corrected chi connectivity index (χ0v) is 15.6. The first-order valence-corrected chi connectivity index (χ1v) is 8.97. The molecule has 0 saturated heterocycles. The molecule has 1 heterocycles. The van der Waals surface area contributed by atoms with Crippen LogP contribution in [0.2, 0.25) is 0 Å². The summed E-state index contributed by atoms with van der Waals surface area (Å²) in [6, 6.07) is 14.1. The first-order chi connectivity index (χ1) is 13.5. The van der Waals surface area contributed by atoms with Crippen LogP contribution < -0.4 is 10.2 Å². The summed E-state index contributed by atoms with van der Waals surface area (Å²) in [6.45, 7) is 5.42. The Balaban J connectivity index is 1.99. The highest BCUT2D eigenvalue weighted by Gasteiger charge is 2.16. The minimum absolute atomic E-state index is 0.139. The van der Waals surface area contributed by atoms with Gasteiger partial charge in [-0.2, -0.15) is 0 Å². The van der Waals surface area contributed by atoms with E-state index < -0.39 is 17.5 Å². The zero-order chi connectivity index (χ0) is 20.1. The number of nitrogens with zero attached hydrogens (tertiary/aromatic N) is 3. The molecule has 1 N–H and O–H groups in total. The third-order valence-corrected chi connectivity index (χ3v) is 4.24. The molecule has 7 heteroatoms. The van der Waals surface area contributed by atoms with Crippen molar-refractivity contribution in [2.24, 2.45) is 0 Å². The Hall–Kier alpha value is -3.35. The predicted octanol–water partition coefficient (Wildman–Crippen LogP) is 4.52. The Morgan fingerprint density at radius 3 is 2.32 bits per heavy atom. The largest absolute Gasteiger partial charge is 0.357 e. The lowest BCUT2D eigenvalue weighted by atomic mass is 10.2. The Morgan fingerprint density at radius 2 is 1.68 bits per heavy atom. The summed E-state index contributed by atoms with van der Waals surface area (Å²) in [6.07, 6.45) is 0. The van der Waals surface area contributed by atoms with E-state index in [9.17, 15) is 13.6 Å². The summed E-state index contributed by atoms with van der Waals surface area (Å²) in [4.78, 5) is 23.7. The molecule has 144 valence electrons. The van der Waals surface area contributed by atoms with Crippen molar-refractivity contribution in [3.05, 3.63) is 71.9 Å². The van der Waals surface area contributed by atoms with Gasteiger partial charge in [0, 0.05) is 36.5 Å². The van der Waals surface area contributed by atoms with Gasteiger partial charge in [0.05, 0.1) is 0 Å². The van der Waals surface area contributed by atoms with E-state index in [4.69, 9.17) is 0 Å². The van der Waals surface area contributed by atoms with Gasteiger partial charge < -0.3 is 10.2 Å². The molecule has 0 atom stereocenters. The molecule has 1 aromatic heterocycles. The summed E-state index contributed by atoms with van der Waals surface area (Å²) in [5.41, 5.74) is 1.06. The number of carbonyl (C=O) groups is 1. The number of aromatic nitrogens is 2. The maximum atomic E-state index is 13.4.